The van der Waals surface area contributed by atoms with Gasteiger partial charge in [0.05, 0.1) is 18.0 Å². The van der Waals surface area contributed by atoms with E-state index in [1.807, 2.05) is 6.92 Å². The summed E-state index contributed by atoms with van der Waals surface area (Å²) in [7, 11) is 1.42. The molecule has 3 nitrogen and oxygen atoms in total. The lowest BCUT2D eigenvalue weighted by Gasteiger charge is -2.15. The van der Waals surface area contributed by atoms with Crippen LogP contribution in [0.4, 0.5) is 18.9 Å². The zero-order valence-electron chi connectivity index (χ0n) is 10.7. The van der Waals surface area contributed by atoms with Crippen LogP contribution >= 0.6 is 11.8 Å². The number of methoxy groups -OCH3 is 1. The molecule has 0 spiro atoms. The Labute approximate surface area is 113 Å². The number of hydrogen-bond acceptors (Lipinski definition) is 3. The van der Waals surface area contributed by atoms with Gasteiger partial charge in [0, 0.05) is 0 Å². The van der Waals surface area contributed by atoms with Gasteiger partial charge in [0.1, 0.15) is 5.75 Å². The monoisotopic (exact) mass is 293 g/mol. The number of halogens is 3. The third kappa shape index (κ3) is 5.02. The number of aryl methyl sites for hydroxylation is 1. The zero-order valence-corrected chi connectivity index (χ0v) is 11.5. The molecule has 1 aromatic carbocycles. The molecule has 0 bridgehead atoms. The lowest BCUT2D eigenvalue weighted by Crippen LogP contribution is -2.25. The highest BCUT2D eigenvalue weighted by Crippen LogP contribution is 2.34. The van der Waals surface area contributed by atoms with Crippen molar-refractivity contribution in [2.24, 2.45) is 0 Å². The Morgan fingerprint density at radius 1 is 1.42 bits per heavy atom. The Hall–Kier alpha value is -1.37. The molecular formula is C12H14F3NO2S. The third-order valence-electron chi connectivity index (χ3n) is 2.29. The van der Waals surface area contributed by atoms with Crippen LogP contribution < -0.4 is 10.1 Å². The number of alkyl halides is 3. The molecule has 1 rings (SSSR count). The highest BCUT2D eigenvalue weighted by molar-refractivity contribution is 8.01. The van der Waals surface area contributed by atoms with Crippen molar-refractivity contribution in [1.29, 1.82) is 0 Å². The Balaban J connectivity index is 2.79. The number of rotatable bonds is 4. The fraction of sp³-hybridized carbons (Fsp3) is 0.417. The van der Waals surface area contributed by atoms with E-state index in [-0.39, 0.29) is 11.8 Å². The largest absolute Gasteiger partial charge is 0.495 e. The van der Waals surface area contributed by atoms with Crippen LogP contribution in [0.25, 0.3) is 0 Å². The van der Waals surface area contributed by atoms with Crippen LogP contribution in [0.5, 0.6) is 5.75 Å². The molecule has 0 aliphatic rings. The molecule has 0 radical (unpaired) electrons. The van der Waals surface area contributed by atoms with Gasteiger partial charge in [-0.1, -0.05) is 6.07 Å². The van der Waals surface area contributed by atoms with Gasteiger partial charge in [-0.15, -0.1) is 0 Å². The Morgan fingerprint density at radius 2 is 2.05 bits per heavy atom. The summed E-state index contributed by atoms with van der Waals surface area (Å²) in [6.07, 6.45) is 0. The maximum Gasteiger partial charge on any atom is 0.442 e. The summed E-state index contributed by atoms with van der Waals surface area (Å²) in [6.45, 7) is 3.01. The van der Waals surface area contributed by atoms with E-state index in [4.69, 9.17) is 4.74 Å². The van der Waals surface area contributed by atoms with Crippen molar-refractivity contribution in [2.45, 2.75) is 24.6 Å². The maximum atomic E-state index is 12.2. The molecule has 0 heterocycles. The average molecular weight is 293 g/mol. The lowest BCUT2D eigenvalue weighted by atomic mass is 10.2. The van der Waals surface area contributed by atoms with E-state index in [0.29, 0.717) is 11.4 Å². The van der Waals surface area contributed by atoms with Crippen LogP contribution in [0.1, 0.15) is 12.5 Å². The predicted molar refractivity (Wildman–Crippen MR) is 69.5 cm³/mol. The van der Waals surface area contributed by atoms with Gasteiger partial charge in [-0.05, 0) is 43.3 Å². The van der Waals surface area contributed by atoms with E-state index in [2.05, 4.69) is 5.32 Å². The van der Waals surface area contributed by atoms with Crippen LogP contribution in [0.3, 0.4) is 0 Å². The first-order chi connectivity index (χ1) is 8.73. The molecule has 106 valence electrons. The van der Waals surface area contributed by atoms with Gasteiger partial charge in [0.15, 0.2) is 0 Å². The second-order valence-electron chi connectivity index (χ2n) is 3.90. The Kier molecular flexibility index (Phi) is 5.11. The Morgan fingerprint density at radius 3 is 2.58 bits per heavy atom. The first-order valence-electron chi connectivity index (χ1n) is 5.43. The third-order valence-corrected chi connectivity index (χ3v) is 3.13. The van der Waals surface area contributed by atoms with E-state index in [1.165, 1.54) is 14.0 Å². The molecule has 0 saturated heterocycles. The first kappa shape index (κ1) is 15.7. The molecule has 1 N–H and O–H groups in total. The summed E-state index contributed by atoms with van der Waals surface area (Å²) in [5.74, 6) is -0.311. The number of benzene rings is 1. The Bertz CT molecular complexity index is 463. The molecule has 1 aromatic rings. The van der Waals surface area contributed by atoms with Crippen LogP contribution in [0.15, 0.2) is 18.2 Å². The molecular weight excluding hydrogens is 279 g/mol. The number of carbonyl (C=O) groups excluding carboxylic acids is 1. The average Bonchev–Trinajstić information content (AvgIpc) is 2.27. The second-order valence-corrected chi connectivity index (χ2v) is 5.30. The number of ether oxygens (including phenoxy) is 1. The quantitative estimate of drug-likeness (QED) is 0.922. The van der Waals surface area contributed by atoms with Crippen molar-refractivity contribution in [3.63, 3.8) is 0 Å². The van der Waals surface area contributed by atoms with Crippen molar-refractivity contribution in [1.82, 2.24) is 0 Å². The van der Waals surface area contributed by atoms with Crippen LogP contribution in [-0.2, 0) is 4.79 Å². The van der Waals surface area contributed by atoms with Crippen molar-refractivity contribution in [3.8, 4) is 5.75 Å². The lowest BCUT2D eigenvalue weighted by molar-refractivity contribution is -0.115. The van der Waals surface area contributed by atoms with E-state index in [9.17, 15) is 18.0 Å². The number of nitrogens with one attached hydrogen (secondary N) is 1. The van der Waals surface area contributed by atoms with Crippen molar-refractivity contribution in [2.75, 3.05) is 12.4 Å². The van der Waals surface area contributed by atoms with Crippen LogP contribution in [0, 0.1) is 6.92 Å². The van der Waals surface area contributed by atoms with Gasteiger partial charge in [0.25, 0.3) is 0 Å². The highest BCUT2D eigenvalue weighted by Gasteiger charge is 2.34. The van der Waals surface area contributed by atoms with Gasteiger partial charge in [-0.25, -0.2) is 0 Å². The summed E-state index contributed by atoms with van der Waals surface area (Å²) in [4.78, 5) is 11.7. The molecule has 19 heavy (non-hydrogen) atoms. The SMILES string of the molecule is COc1ccc(C)cc1NC(=O)C(C)SC(F)(F)F. The minimum absolute atomic E-state index is 0.351. The number of hydrogen-bond donors (Lipinski definition) is 1. The molecule has 0 aliphatic carbocycles. The van der Waals surface area contributed by atoms with Crippen LogP contribution in [0.2, 0.25) is 0 Å². The van der Waals surface area contributed by atoms with Crippen molar-refractivity contribution >= 4 is 23.4 Å². The van der Waals surface area contributed by atoms with E-state index >= 15 is 0 Å². The van der Waals surface area contributed by atoms with Gasteiger partial charge < -0.3 is 10.1 Å². The highest BCUT2D eigenvalue weighted by atomic mass is 32.2. The van der Waals surface area contributed by atoms with Crippen molar-refractivity contribution in [3.05, 3.63) is 23.8 Å². The minimum Gasteiger partial charge on any atom is -0.495 e. The van der Waals surface area contributed by atoms with E-state index < -0.39 is 16.7 Å². The molecule has 1 amide bonds. The van der Waals surface area contributed by atoms with E-state index in [0.717, 1.165) is 5.56 Å². The van der Waals surface area contributed by atoms with E-state index in [1.54, 1.807) is 18.2 Å². The van der Waals surface area contributed by atoms with Gasteiger partial charge in [0.2, 0.25) is 5.91 Å². The smallest absolute Gasteiger partial charge is 0.442 e. The summed E-state index contributed by atoms with van der Waals surface area (Å²) >= 11 is -0.351. The summed E-state index contributed by atoms with van der Waals surface area (Å²) in [6, 6.07) is 5.07. The normalized spacial score (nSPS) is 12.9. The first-order valence-corrected chi connectivity index (χ1v) is 6.31. The molecule has 1 atom stereocenters. The molecule has 0 aliphatic heterocycles. The summed E-state index contributed by atoms with van der Waals surface area (Å²) in [5.41, 5.74) is -3.21. The van der Waals surface area contributed by atoms with Gasteiger partial charge in [-0.3, -0.25) is 4.79 Å². The molecule has 0 fully saturated rings. The van der Waals surface area contributed by atoms with Crippen molar-refractivity contribution < 1.29 is 22.7 Å². The number of thioether (sulfide) groups is 1. The second kappa shape index (κ2) is 6.18. The van der Waals surface area contributed by atoms with Crippen LogP contribution in [-0.4, -0.2) is 23.8 Å². The number of carbonyl (C=O) groups is 1. The fourth-order valence-corrected chi connectivity index (χ4v) is 1.97. The minimum atomic E-state index is -4.44. The molecule has 7 heteroatoms. The number of anilines is 1. The predicted octanol–water partition coefficient (Wildman–Crippen LogP) is 3.58. The molecule has 0 aromatic heterocycles. The molecule has 0 saturated carbocycles. The topological polar surface area (TPSA) is 38.3 Å². The van der Waals surface area contributed by atoms with Gasteiger partial charge >= 0.3 is 5.51 Å². The maximum absolute atomic E-state index is 12.2. The number of amides is 1. The summed E-state index contributed by atoms with van der Waals surface area (Å²) < 4.78 is 41.6. The standard InChI is InChI=1S/C12H14F3NO2S/c1-7-4-5-10(18-3)9(6-7)16-11(17)8(2)19-12(13,14)15/h4-6,8H,1-3H3,(H,16,17). The summed E-state index contributed by atoms with van der Waals surface area (Å²) in [5, 5.41) is 1.21. The zero-order chi connectivity index (χ0) is 14.6. The molecule has 1 unspecified atom stereocenters. The fourth-order valence-electron chi connectivity index (χ4n) is 1.41. The van der Waals surface area contributed by atoms with Gasteiger partial charge in [-0.2, -0.15) is 13.2 Å².